The molecule has 0 bridgehead atoms. The number of ether oxygens (including phenoxy) is 1. The van der Waals surface area contributed by atoms with Crippen LogP contribution >= 0.6 is 12.4 Å². The van der Waals surface area contributed by atoms with Crippen LogP contribution in [0, 0.1) is 0 Å². The van der Waals surface area contributed by atoms with Crippen molar-refractivity contribution in [1.29, 1.82) is 0 Å². The van der Waals surface area contributed by atoms with Gasteiger partial charge in [0.1, 0.15) is 6.61 Å². The highest BCUT2D eigenvalue weighted by Gasteiger charge is 2.08. The van der Waals surface area contributed by atoms with Crippen molar-refractivity contribution in [2.45, 2.75) is 117 Å². The number of esters is 1. The van der Waals surface area contributed by atoms with Gasteiger partial charge in [-0.15, -0.1) is 12.4 Å². The van der Waals surface area contributed by atoms with Gasteiger partial charge >= 0.3 is 5.97 Å². The summed E-state index contributed by atoms with van der Waals surface area (Å²) in [6, 6.07) is 0.595. The summed E-state index contributed by atoms with van der Waals surface area (Å²) >= 11 is 0. The second kappa shape index (κ2) is 21.8. The van der Waals surface area contributed by atoms with Crippen molar-refractivity contribution in [3.8, 4) is 0 Å². The first-order valence-electron chi connectivity index (χ1n) is 10.6. The Morgan fingerprint density at radius 3 is 1.68 bits per heavy atom. The summed E-state index contributed by atoms with van der Waals surface area (Å²) in [6.45, 7) is 7.30. The van der Waals surface area contributed by atoms with Crippen molar-refractivity contribution in [2.75, 3.05) is 13.2 Å². The predicted octanol–water partition coefficient (Wildman–Crippen LogP) is 6.43. The Labute approximate surface area is 163 Å². The van der Waals surface area contributed by atoms with E-state index in [2.05, 4.69) is 19.2 Å². The van der Waals surface area contributed by atoms with Gasteiger partial charge in [0.15, 0.2) is 0 Å². The summed E-state index contributed by atoms with van der Waals surface area (Å²) in [5, 5.41) is 3.60. The average molecular weight is 378 g/mol. The topological polar surface area (TPSA) is 38.3 Å². The van der Waals surface area contributed by atoms with E-state index in [0.29, 0.717) is 12.6 Å². The fraction of sp³-hybridized carbons (Fsp3) is 0.952. The van der Waals surface area contributed by atoms with Gasteiger partial charge in [0.2, 0.25) is 0 Å². The van der Waals surface area contributed by atoms with Crippen molar-refractivity contribution >= 4 is 18.4 Å². The highest BCUT2D eigenvalue weighted by molar-refractivity contribution is 5.85. The first-order valence-corrected chi connectivity index (χ1v) is 10.6. The standard InChI is InChI=1S/C21H43NO2.ClH/c1-4-6-8-10-12-14-16-21(22-18-19-24-20(3)23)17-15-13-11-9-7-5-2;/h21-22H,4-19H2,1-3H3;1H. The number of carbonyl (C=O) groups is 1. The summed E-state index contributed by atoms with van der Waals surface area (Å²) in [7, 11) is 0. The summed E-state index contributed by atoms with van der Waals surface area (Å²) in [5.74, 6) is -0.180. The van der Waals surface area contributed by atoms with Crippen LogP contribution in [0.1, 0.15) is 111 Å². The van der Waals surface area contributed by atoms with Gasteiger partial charge in [-0.25, -0.2) is 0 Å². The van der Waals surface area contributed by atoms with Gasteiger partial charge in [0, 0.05) is 19.5 Å². The Kier molecular flexibility index (Phi) is 23.5. The molecule has 4 heteroatoms. The lowest BCUT2D eigenvalue weighted by atomic mass is 10.00. The molecule has 25 heavy (non-hydrogen) atoms. The van der Waals surface area contributed by atoms with Crippen LogP contribution in [-0.2, 0) is 9.53 Å². The van der Waals surface area contributed by atoms with Crippen LogP contribution in [0.3, 0.4) is 0 Å². The highest BCUT2D eigenvalue weighted by atomic mass is 35.5. The van der Waals surface area contributed by atoms with E-state index in [1.54, 1.807) is 0 Å². The Balaban J connectivity index is 0. The van der Waals surface area contributed by atoms with E-state index in [4.69, 9.17) is 4.74 Å². The minimum absolute atomic E-state index is 0. The Bertz CT molecular complexity index is 259. The van der Waals surface area contributed by atoms with E-state index in [1.807, 2.05) is 0 Å². The summed E-state index contributed by atoms with van der Waals surface area (Å²) in [4.78, 5) is 10.8. The van der Waals surface area contributed by atoms with Crippen LogP contribution in [0.4, 0.5) is 0 Å². The van der Waals surface area contributed by atoms with E-state index in [-0.39, 0.29) is 18.4 Å². The van der Waals surface area contributed by atoms with E-state index in [1.165, 1.54) is 96.8 Å². The number of hydrogen-bond acceptors (Lipinski definition) is 3. The van der Waals surface area contributed by atoms with Gasteiger partial charge in [-0.05, 0) is 12.8 Å². The molecule has 0 aromatic heterocycles. The molecular formula is C21H44ClNO2. The number of halogens is 1. The molecule has 0 amide bonds. The monoisotopic (exact) mass is 377 g/mol. The molecule has 0 fully saturated rings. The SMILES string of the molecule is CCCCCCCCC(CCCCCCCC)NCCOC(C)=O.Cl. The molecular weight excluding hydrogens is 334 g/mol. The lowest BCUT2D eigenvalue weighted by Gasteiger charge is -2.19. The molecule has 0 atom stereocenters. The van der Waals surface area contributed by atoms with Gasteiger partial charge in [-0.2, -0.15) is 0 Å². The summed E-state index contributed by atoms with van der Waals surface area (Å²) in [5.41, 5.74) is 0. The van der Waals surface area contributed by atoms with Crippen LogP contribution < -0.4 is 5.32 Å². The van der Waals surface area contributed by atoms with Crippen LogP contribution in [-0.4, -0.2) is 25.2 Å². The summed E-state index contributed by atoms with van der Waals surface area (Å²) in [6.07, 6.45) is 18.8. The number of unbranched alkanes of at least 4 members (excludes halogenated alkanes) is 10. The van der Waals surface area contributed by atoms with Crippen molar-refractivity contribution < 1.29 is 9.53 Å². The maximum absolute atomic E-state index is 10.8. The van der Waals surface area contributed by atoms with E-state index < -0.39 is 0 Å². The molecule has 0 heterocycles. The third-order valence-corrected chi connectivity index (χ3v) is 4.65. The molecule has 0 aliphatic carbocycles. The molecule has 0 saturated heterocycles. The van der Waals surface area contributed by atoms with Gasteiger partial charge in [-0.3, -0.25) is 4.79 Å². The number of carbonyl (C=O) groups excluding carboxylic acids is 1. The van der Waals surface area contributed by atoms with Crippen molar-refractivity contribution in [3.05, 3.63) is 0 Å². The molecule has 0 aromatic carbocycles. The fourth-order valence-electron chi connectivity index (χ4n) is 3.15. The molecule has 3 nitrogen and oxygen atoms in total. The van der Waals surface area contributed by atoms with Crippen LogP contribution in [0.15, 0.2) is 0 Å². The van der Waals surface area contributed by atoms with Crippen molar-refractivity contribution in [3.63, 3.8) is 0 Å². The minimum atomic E-state index is -0.180. The maximum Gasteiger partial charge on any atom is 0.302 e. The van der Waals surface area contributed by atoms with Crippen LogP contribution in [0.2, 0.25) is 0 Å². The molecule has 0 spiro atoms. The average Bonchev–Trinajstić information content (AvgIpc) is 2.56. The molecule has 0 aromatic rings. The minimum Gasteiger partial charge on any atom is -0.465 e. The van der Waals surface area contributed by atoms with Crippen molar-refractivity contribution in [2.24, 2.45) is 0 Å². The first-order chi connectivity index (χ1) is 11.7. The zero-order valence-corrected chi connectivity index (χ0v) is 17.9. The van der Waals surface area contributed by atoms with Gasteiger partial charge in [0.25, 0.3) is 0 Å². The maximum atomic E-state index is 10.8. The largest absolute Gasteiger partial charge is 0.465 e. The van der Waals surface area contributed by atoms with Crippen molar-refractivity contribution in [1.82, 2.24) is 5.32 Å². The zero-order valence-electron chi connectivity index (χ0n) is 17.1. The number of nitrogens with one attached hydrogen (secondary N) is 1. The van der Waals surface area contributed by atoms with Crippen LogP contribution in [0.25, 0.3) is 0 Å². The van der Waals surface area contributed by atoms with E-state index >= 15 is 0 Å². The third kappa shape index (κ3) is 21.7. The van der Waals surface area contributed by atoms with Crippen LogP contribution in [0.5, 0.6) is 0 Å². The van der Waals surface area contributed by atoms with Gasteiger partial charge in [-0.1, -0.05) is 90.9 Å². The quantitative estimate of drug-likeness (QED) is 0.221. The lowest BCUT2D eigenvalue weighted by Crippen LogP contribution is -2.32. The zero-order chi connectivity index (χ0) is 17.9. The molecule has 1 N–H and O–H groups in total. The smallest absolute Gasteiger partial charge is 0.302 e. The van der Waals surface area contributed by atoms with E-state index in [0.717, 1.165) is 6.54 Å². The predicted molar refractivity (Wildman–Crippen MR) is 112 cm³/mol. The molecule has 0 saturated carbocycles. The third-order valence-electron chi connectivity index (χ3n) is 4.65. The van der Waals surface area contributed by atoms with Gasteiger partial charge < -0.3 is 10.1 Å². The Morgan fingerprint density at radius 2 is 1.24 bits per heavy atom. The highest BCUT2D eigenvalue weighted by Crippen LogP contribution is 2.14. The van der Waals surface area contributed by atoms with Gasteiger partial charge in [0.05, 0.1) is 0 Å². The first kappa shape index (κ1) is 26.9. The lowest BCUT2D eigenvalue weighted by molar-refractivity contribution is -0.140. The number of rotatable bonds is 18. The second-order valence-electron chi connectivity index (χ2n) is 7.10. The normalized spacial score (nSPS) is 10.7. The Hall–Kier alpha value is -0.280. The second-order valence-corrected chi connectivity index (χ2v) is 7.10. The molecule has 0 unspecified atom stereocenters. The Morgan fingerprint density at radius 1 is 0.800 bits per heavy atom. The molecule has 0 radical (unpaired) electrons. The fourth-order valence-corrected chi connectivity index (χ4v) is 3.15. The summed E-state index contributed by atoms with van der Waals surface area (Å²) < 4.78 is 5.03. The molecule has 0 aliphatic heterocycles. The molecule has 152 valence electrons. The number of hydrogen-bond donors (Lipinski definition) is 1. The molecule has 0 aliphatic rings. The van der Waals surface area contributed by atoms with E-state index in [9.17, 15) is 4.79 Å². The molecule has 0 rings (SSSR count).